The van der Waals surface area contributed by atoms with Gasteiger partial charge < -0.3 is 14.4 Å². The molecular weight excluding hydrogens is 554 g/mol. The van der Waals surface area contributed by atoms with Crippen molar-refractivity contribution in [2.75, 3.05) is 19.6 Å². The first-order valence-corrected chi connectivity index (χ1v) is 17.2. The lowest BCUT2D eigenvalue weighted by Gasteiger charge is -2.46. The van der Waals surface area contributed by atoms with Crippen molar-refractivity contribution in [3.63, 3.8) is 0 Å². The fourth-order valence-electron chi connectivity index (χ4n) is 7.29. The number of hydrogen-bond acceptors (Lipinski definition) is 6. The predicted octanol–water partition coefficient (Wildman–Crippen LogP) is 6.81. The second-order valence-corrected chi connectivity index (χ2v) is 14.5. The molecule has 6 nitrogen and oxygen atoms in total. The van der Waals surface area contributed by atoms with Gasteiger partial charge in [0.15, 0.2) is 0 Å². The van der Waals surface area contributed by atoms with Gasteiger partial charge in [0.25, 0.3) is 5.91 Å². The molecule has 2 aliphatic carbocycles. The maximum absolute atomic E-state index is 13.9. The zero-order valence-corrected chi connectivity index (χ0v) is 26.8. The lowest BCUT2D eigenvalue weighted by molar-refractivity contribution is -0.0856. The highest BCUT2D eigenvalue weighted by Crippen LogP contribution is 2.39. The van der Waals surface area contributed by atoms with E-state index in [1.54, 1.807) is 0 Å². The molecule has 2 saturated carbocycles. The maximum atomic E-state index is 13.9. The topological polar surface area (TPSA) is 54.9 Å². The Balaban J connectivity index is 0.977. The van der Waals surface area contributed by atoms with Crippen LogP contribution in [0.2, 0.25) is 0 Å². The van der Waals surface area contributed by atoms with Crippen LogP contribution in [0.15, 0.2) is 36.4 Å². The first kappa shape index (κ1) is 29.0. The van der Waals surface area contributed by atoms with Crippen molar-refractivity contribution < 1.29 is 14.3 Å². The summed E-state index contributed by atoms with van der Waals surface area (Å²) in [5.41, 5.74) is 6.36. The summed E-state index contributed by atoms with van der Waals surface area (Å²) < 4.78 is 12.3. The largest absolute Gasteiger partial charge is 0.473 e. The van der Waals surface area contributed by atoms with Gasteiger partial charge in [0.05, 0.1) is 24.3 Å². The molecule has 4 aliphatic rings. The number of likely N-dealkylation sites (tertiary alicyclic amines) is 1. The van der Waals surface area contributed by atoms with Crippen molar-refractivity contribution in [2.24, 2.45) is 5.92 Å². The van der Waals surface area contributed by atoms with Gasteiger partial charge in [-0.3, -0.25) is 9.69 Å². The second kappa shape index (κ2) is 12.3. The Morgan fingerprint density at radius 3 is 2.49 bits per heavy atom. The van der Waals surface area contributed by atoms with Crippen molar-refractivity contribution >= 4 is 17.2 Å². The molecule has 0 spiro atoms. The standard InChI is InChI=1S/C36H45N3O3S/c1-23-17-24(2)37-35(41-22-27-7-5-4-6-8-27)31(23)21-38-16-15-32-34(36(38)40)25(3)33(43-32)18-26-9-11-28(12-10-26)39-19-30(20-39)42-29-13-14-29/h4-8,17,26,28-30H,9-16,18-22H2,1-3H3. The van der Waals surface area contributed by atoms with Crippen LogP contribution < -0.4 is 4.74 Å². The number of pyridine rings is 1. The predicted molar refractivity (Wildman–Crippen MR) is 171 cm³/mol. The van der Waals surface area contributed by atoms with Gasteiger partial charge in [0.1, 0.15) is 6.61 Å². The molecule has 0 radical (unpaired) electrons. The average molecular weight is 600 g/mol. The third kappa shape index (κ3) is 6.40. The summed E-state index contributed by atoms with van der Waals surface area (Å²) in [5, 5.41) is 0. The molecule has 43 heavy (non-hydrogen) atoms. The van der Waals surface area contributed by atoms with E-state index in [2.05, 4.69) is 36.9 Å². The Labute approximate surface area is 260 Å². The van der Waals surface area contributed by atoms with E-state index < -0.39 is 0 Å². The minimum absolute atomic E-state index is 0.166. The molecule has 0 bridgehead atoms. The molecule has 7 heteroatoms. The monoisotopic (exact) mass is 599 g/mol. The molecule has 7 rings (SSSR count). The van der Waals surface area contributed by atoms with Crippen LogP contribution in [0.3, 0.4) is 0 Å². The van der Waals surface area contributed by atoms with E-state index in [1.165, 1.54) is 53.8 Å². The number of benzene rings is 1. The number of nitrogens with zero attached hydrogens (tertiary/aromatic N) is 3. The van der Waals surface area contributed by atoms with Crippen LogP contribution in [-0.4, -0.2) is 58.6 Å². The Kier molecular flexibility index (Phi) is 8.32. The Morgan fingerprint density at radius 2 is 1.74 bits per heavy atom. The molecule has 0 atom stereocenters. The van der Waals surface area contributed by atoms with Gasteiger partial charge in [-0.1, -0.05) is 30.3 Å². The number of carbonyl (C=O) groups excluding carboxylic acids is 1. The van der Waals surface area contributed by atoms with Crippen molar-refractivity contribution in [3.8, 4) is 5.88 Å². The average Bonchev–Trinajstić information content (AvgIpc) is 3.75. The minimum atomic E-state index is 0.166. The lowest BCUT2D eigenvalue weighted by atomic mass is 9.81. The van der Waals surface area contributed by atoms with Gasteiger partial charge in [-0.05, 0) is 94.4 Å². The molecular formula is C36H45N3O3S. The summed E-state index contributed by atoms with van der Waals surface area (Å²) in [6, 6.07) is 13.0. The maximum Gasteiger partial charge on any atom is 0.255 e. The van der Waals surface area contributed by atoms with Crippen LogP contribution in [0.25, 0.3) is 0 Å². The highest BCUT2D eigenvalue weighted by atomic mass is 32.1. The van der Waals surface area contributed by atoms with Gasteiger partial charge in [-0.2, -0.15) is 0 Å². The summed E-state index contributed by atoms with van der Waals surface area (Å²) in [6.07, 6.45) is 10.8. The zero-order chi connectivity index (χ0) is 29.5. The highest BCUT2D eigenvalue weighted by Gasteiger charge is 2.38. The first-order chi connectivity index (χ1) is 20.9. The lowest BCUT2D eigenvalue weighted by Crippen LogP contribution is -2.57. The smallest absolute Gasteiger partial charge is 0.255 e. The molecule has 1 aromatic carbocycles. The van der Waals surface area contributed by atoms with Crippen LogP contribution in [-0.2, 0) is 30.7 Å². The summed E-state index contributed by atoms with van der Waals surface area (Å²) in [4.78, 5) is 26.1. The molecule has 0 unspecified atom stereocenters. The van der Waals surface area contributed by atoms with E-state index in [0.29, 0.717) is 31.2 Å². The number of aryl methyl sites for hydroxylation is 2. The van der Waals surface area contributed by atoms with E-state index in [4.69, 9.17) is 14.5 Å². The third-order valence-corrected chi connectivity index (χ3v) is 11.4. The summed E-state index contributed by atoms with van der Waals surface area (Å²) in [5.74, 6) is 1.54. The number of hydrogen-bond donors (Lipinski definition) is 0. The van der Waals surface area contributed by atoms with Crippen LogP contribution >= 0.6 is 11.3 Å². The SMILES string of the molecule is Cc1cc(C)c(CN2CCc3sc(CC4CCC(N5CC(OC6CC6)C5)CC4)c(C)c3C2=O)c(OCc2ccccc2)n1. The number of thiophene rings is 1. The van der Waals surface area contributed by atoms with Crippen molar-refractivity contribution in [1.29, 1.82) is 0 Å². The Morgan fingerprint density at radius 1 is 0.977 bits per heavy atom. The Bertz CT molecular complexity index is 1450. The van der Waals surface area contributed by atoms with Crippen molar-refractivity contribution in [3.05, 3.63) is 79.7 Å². The number of ether oxygens (including phenoxy) is 2. The molecule has 2 aliphatic heterocycles. The van der Waals surface area contributed by atoms with Crippen LogP contribution in [0.1, 0.15) is 86.6 Å². The van der Waals surface area contributed by atoms with Gasteiger partial charge in [0.2, 0.25) is 5.88 Å². The molecule has 3 fully saturated rings. The van der Waals surface area contributed by atoms with Gasteiger partial charge in [-0.25, -0.2) is 4.98 Å². The molecule has 3 aromatic rings. The summed E-state index contributed by atoms with van der Waals surface area (Å²) in [6.45, 7) is 10.3. The highest BCUT2D eigenvalue weighted by molar-refractivity contribution is 7.12. The molecule has 1 saturated heterocycles. The fraction of sp³-hybridized carbons (Fsp3) is 0.556. The summed E-state index contributed by atoms with van der Waals surface area (Å²) >= 11 is 1.90. The number of aromatic nitrogens is 1. The van der Waals surface area contributed by atoms with Crippen molar-refractivity contribution in [2.45, 2.75) is 104 Å². The van der Waals surface area contributed by atoms with E-state index in [0.717, 1.165) is 72.4 Å². The molecule has 0 N–H and O–H groups in total. The van der Waals surface area contributed by atoms with Gasteiger partial charge in [-0.15, -0.1) is 11.3 Å². The Hall–Kier alpha value is -2.74. The first-order valence-electron chi connectivity index (χ1n) is 16.3. The fourth-order valence-corrected chi connectivity index (χ4v) is 8.69. The molecule has 2 aromatic heterocycles. The second-order valence-electron chi connectivity index (χ2n) is 13.4. The van der Waals surface area contributed by atoms with Gasteiger partial charge >= 0.3 is 0 Å². The van der Waals surface area contributed by atoms with Crippen LogP contribution in [0.5, 0.6) is 5.88 Å². The molecule has 4 heterocycles. The quantitative estimate of drug-likeness (QED) is 0.256. The van der Waals surface area contributed by atoms with E-state index >= 15 is 0 Å². The molecule has 228 valence electrons. The molecule has 1 amide bonds. The number of carbonyl (C=O) groups is 1. The minimum Gasteiger partial charge on any atom is -0.473 e. The number of rotatable bonds is 10. The van der Waals surface area contributed by atoms with E-state index in [1.807, 2.05) is 41.4 Å². The number of amides is 1. The zero-order valence-electron chi connectivity index (χ0n) is 25.9. The van der Waals surface area contributed by atoms with Crippen LogP contribution in [0.4, 0.5) is 0 Å². The van der Waals surface area contributed by atoms with Crippen LogP contribution in [0, 0.1) is 26.7 Å². The van der Waals surface area contributed by atoms with E-state index in [9.17, 15) is 4.79 Å². The third-order valence-electron chi connectivity index (χ3n) is 10.0. The normalized spacial score (nSPS) is 22.9. The summed E-state index contributed by atoms with van der Waals surface area (Å²) in [7, 11) is 0. The van der Waals surface area contributed by atoms with Crippen molar-refractivity contribution in [1.82, 2.24) is 14.8 Å². The van der Waals surface area contributed by atoms with Gasteiger partial charge in [0, 0.05) is 53.1 Å². The number of fused-ring (bicyclic) bond motifs is 1. The van der Waals surface area contributed by atoms with E-state index in [-0.39, 0.29) is 5.91 Å².